The van der Waals surface area contributed by atoms with Gasteiger partial charge in [-0.2, -0.15) is 0 Å². The van der Waals surface area contributed by atoms with Crippen LogP contribution in [0, 0.1) is 0 Å². The summed E-state index contributed by atoms with van der Waals surface area (Å²) in [6, 6.07) is 7.60. The molecule has 0 saturated heterocycles. The summed E-state index contributed by atoms with van der Waals surface area (Å²) in [6.07, 6.45) is 0.799. The quantitative estimate of drug-likeness (QED) is 0.580. The summed E-state index contributed by atoms with van der Waals surface area (Å²) in [5, 5.41) is 1.74. The fraction of sp³-hybridized carbons (Fsp3) is 0.250. The van der Waals surface area contributed by atoms with Gasteiger partial charge < -0.3 is 0 Å². The van der Waals surface area contributed by atoms with Crippen molar-refractivity contribution in [3.63, 3.8) is 0 Å². The topological polar surface area (TPSA) is 17.1 Å². The van der Waals surface area contributed by atoms with Crippen molar-refractivity contribution in [2.24, 2.45) is 0 Å². The van der Waals surface area contributed by atoms with Crippen LogP contribution in [0.2, 0.25) is 5.02 Å². The van der Waals surface area contributed by atoms with Gasteiger partial charge >= 0.3 is 0 Å². The zero-order chi connectivity index (χ0) is 11.7. The number of hydrogen-bond donors (Lipinski definition) is 0. The Hall–Kier alpha value is -0.380. The van der Waals surface area contributed by atoms with Gasteiger partial charge in [0.2, 0.25) is 0 Å². The highest BCUT2D eigenvalue weighted by atomic mass is 79.9. The van der Waals surface area contributed by atoms with E-state index in [0.29, 0.717) is 5.02 Å². The fourth-order valence-electron chi connectivity index (χ4n) is 1.48. The van der Waals surface area contributed by atoms with Gasteiger partial charge in [-0.05, 0) is 36.1 Å². The van der Waals surface area contributed by atoms with Gasteiger partial charge in [-0.15, -0.1) is 11.3 Å². The van der Waals surface area contributed by atoms with Gasteiger partial charge in [0.25, 0.3) is 0 Å². The molecule has 2 rings (SSSR count). The maximum absolute atomic E-state index is 12.0. The number of hydrogen-bond acceptors (Lipinski definition) is 2. The number of ketones is 1. The molecule has 0 radical (unpaired) electrons. The number of carbonyl (C=O) groups excluding carboxylic acids is 1. The Labute approximate surface area is 112 Å². The fourth-order valence-corrected chi connectivity index (χ4v) is 3.09. The van der Waals surface area contributed by atoms with Crippen molar-refractivity contribution >= 4 is 54.7 Å². The summed E-state index contributed by atoms with van der Waals surface area (Å²) in [5.74, 6) is 0.153. The minimum absolute atomic E-state index is 0.0870. The van der Waals surface area contributed by atoms with Crippen LogP contribution in [0.3, 0.4) is 0 Å². The van der Waals surface area contributed by atoms with Gasteiger partial charge in [0, 0.05) is 9.72 Å². The smallest absolute Gasteiger partial charge is 0.186 e. The molecule has 0 aliphatic heterocycles. The molecular formula is C12H10BrClOS. The maximum Gasteiger partial charge on any atom is 0.186 e. The highest BCUT2D eigenvalue weighted by molar-refractivity contribution is 9.10. The Bertz CT molecular complexity index is 535. The third kappa shape index (κ3) is 2.31. The lowest BCUT2D eigenvalue weighted by Gasteiger charge is -2.01. The lowest BCUT2D eigenvalue weighted by atomic mass is 10.2. The van der Waals surface area contributed by atoms with Gasteiger partial charge in [0.05, 0.1) is 9.70 Å². The molecule has 0 fully saturated rings. The summed E-state index contributed by atoms with van der Waals surface area (Å²) >= 11 is 10.8. The maximum atomic E-state index is 12.0. The third-order valence-electron chi connectivity index (χ3n) is 2.36. The van der Waals surface area contributed by atoms with Gasteiger partial charge in [0.1, 0.15) is 0 Å². The zero-order valence-electron chi connectivity index (χ0n) is 8.67. The molecule has 0 amide bonds. The summed E-state index contributed by atoms with van der Waals surface area (Å²) in [4.78, 5) is 12.7. The molecule has 84 valence electrons. The molecule has 0 spiro atoms. The Morgan fingerprint density at radius 1 is 1.50 bits per heavy atom. The molecule has 1 atom stereocenters. The van der Waals surface area contributed by atoms with E-state index in [9.17, 15) is 4.79 Å². The SMILES string of the molecule is CCC(Br)C(=O)c1cc2cc(Cl)ccc2s1. The Morgan fingerprint density at radius 2 is 2.25 bits per heavy atom. The summed E-state index contributed by atoms with van der Waals surface area (Å²) in [5.41, 5.74) is 0. The van der Waals surface area contributed by atoms with Crippen LogP contribution >= 0.6 is 38.9 Å². The molecule has 2 aromatic rings. The van der Waals surface area contributed by atoms with Crippen LogP contribution in [0.1, 0.15) is 23.0 Å². The van der Waals surface area contributed by atoms with Crippen molar-refractivity contribution < 1.29 is 4.79 Å². The van der Waals surface area contributed by atoms with E-state index in [0.717, 1.165) is 21.4 Å². The molecule has 0 bridgehead atoms. The molecule has 1 aromatic carbocycles. The number of Topliss-reactive ketones (excluding diaryl/α,β-unsaturated/α-hetero) is 1. The predicted molar refractivity (Wildman–Crippen MR) is 74.2 cm³/mol. The zero-order valence-corrected chi connectivity index (χ0v) is 11.8. The van der Waals surface area contributed by atoms with Crippen molar-refractivity contribution in [1.29, 1.82) is 0 Å². The van der Waals surface area contributed by atoms with Crippen molar-refractivity contribution in [3.05, 3.63) is 34.2 Å². The normalized spacial score (nSPS) is 12.9. The first-order valence-electron chi connectivity index (χ1n) is 4.99. The van der Waals surface area contributed by atoms with E-state index in [4.69, 9.17) is 11.6 Å². The third-order valence-corrected chi connectivity index (χ3v) is 4.79. The van der Waals surface area contributed by atoms with E-state index >= 15 is 0 Å². The highest BCUT2D eigenvalue weighted by Gasteiger charge is 2.17. The number of fused-ring (bicyclic) bond motifs is 1. The van der Waals surface area contributed by atoms with Gasteiger partial charge in [-0.3, -0.25) is 4.79 Å². The summed E-state index contributed by atoms with van der Waals surface area (Å²) in [7, 11) is 0. The minimum Gasteiger partial charge on any atom is -0.292 e. The first-order chi connectivity index (χ1) is 7.61. The lowest BCUT2D eigenvalue weighted by molar-refractivity contribution is 0.0994. The number of carbonyl (C=O) groups is 1. The lowest BCUT2D eigenvalue weighted by Crippen LogP contribution is -2.10. The van der Waals surface area contributed by atoms with Crippen molar-refractivity contribution in [1.82, 2.24) is 0 Å². The van der Waals surface area contributed by atoms with Crippen molar-refractivity contribution in [2.75, 3.05) is 0 Å². The average Bonchev–Trinajstić information content (AvgIpc) is 2.69. The Balaban J connectivity index is 2.43. The van der Waals surface area contributed by atoms with Gasteiger partial charge in [-0.25, -0.2) is 0 Å². The summed E-state index contributed by atoms with van der Waals surface area (Å²) in [6.45, 7) is 1.99. The Kier molecular flexibility index (Phi) is 3.67. The van der Waals surface area contributed by atoms with E-state index in [1.807, 2.05) is 31.2 Å². The van der Waals surface area contributed by atoms with Crippen LogP contribution in [0.25, 0.3) is 10.1 Å². The molecule has 16 heavy (non-hydrogen) atoms. The second kappa shape index (κ2) is 4.86. The molecule has 0 aliphatic carbocycles. The number of benzene rings is 1. The van der Waals surface area contributed by atoms with E-state index in [2.05, 4.69) is 15.9 Å². The van der Waals surface area contributed by atoms with E-state index < -0.39 is 0 Å². The number of rotatable bonds is 3. The Morgan fingerprint density at radius 3 is 2.94 bits per heavy atom. The molecule has 0 saturated carbocycles. The molecular weight excluding hydrogens is 308 g/mol. The van der Waals surface area contributed by atoms with Crippen LogP contribution in [0.5, 0.6) is 0 Å². The van der Waals surface area contributed by atoms with Crippen molar-refractivity contribution in [3.8, 4) is 0 Å². The second-order valence-corrected chi connectivity index (χ2v) is 6.16. The number of alkyl halides is 1. The molecule has 0 N–H and O–H groups in total. The van der Waals surface area contributed by atoms with Crippen LogP contribution in [0.4, 0.5) is 0 Å². The molecule has 1 heterocycles. The second-order valence-electron chi connectivity index (χ2n) is 3.53. The first kappa shape index (κ1) is 12.1. The summed E-state index contributed by atoms with van der Waals surface area (Å²) < 4.78 is 1.10. The first-order valence-corrected chi connectivity index (χ1v) is 7.10. The van der Waals surface area contributed by atoms with Crippen LogP contribution in [-0.2, 0) is 0 Å². The van der Waals surface area contributed by atoms with Crippen LogP contribution in [-0.4, -0.2) is 10.6 Å². The van der Waals surface area contributed by atoms with Gasteiger partial charge in [0.15, 0.2) is 5.78 Å². The number of halogens is 2. The standard InChI is InChI=1S/C12H10BrClOS/c1-2-9(13)12(15)11-6-7-5-8(14)3-4-10(7)16-11/h3-6,9H,2H2,1H3. The molecule has 1 unspecified atom stereocenters. The molecule has 1 nitrogen and oxygen atoms in total. The minimum atomic E-state index is -0.0870. The predicted octanol–water partition coefficient (Wildman–Crippen LogP) is 4.91. The van der Waals surface area contributed by atoms with Crippen LogP contribution < -0.4 is 0 Å². The largest absolute Gasteiger partial charge is 0.292 e. The van der Waals surface area contributed by atoms with E-state index in [1.165, 1.54) is 11.3 Å². The molecule has 1 aromatic heterocycles. The van der Waals surface area contributed by atoms with Crippen molar-refractivity contribution in [2.45, 2.75) is 18.2 Å². The molecule has 4 heteroatoms. The van der Waals surface area contributed by atoms with E-state index in [1.54, 1.807) is 0 Å². The van der Waals surface area contributed by atoms with Gasteiger partial charge in [-0.1, -0.05) is 34.5 Å². The number of thiophene rings is 1. The highest BCUT2D eigenvalue weighted by Crippen LogP contribution is 2.30. The van der Waals surface area contributed by atoms with E-state index in [-0.39, 0.29) is 10.6 Å². The monoisotopic (exact) mass is 316 g/mol. The van der Waals surface area contributed by atoms with Crippen LogP contribution in [0.15, 0.2) is 24.3 Å². The molecule has 0 aliphatic rings. The average molecular weight is 318 g/mol.